The molecule has 0 radical (unpaired) electrons. The van der Waals surface area contributed by atoms with Crippen molar-refractivity contribution in [2.45, 2.75) is 25.8 Å². The highest BCUT2D eigenvalue weighted by Crippen LogP contribution is 2.18. The number of rotatable bonds is 8. The van der Waals surface area contributed by atoms with Gasteiger partial charge in [0.2, 0.25) is 5.88 Å². The van der Waals surface area contributed by atoms with E-state index in [4.69, 9.17) is 9.47 Å². The summed E-state index contributed by atoms with van der Waals surface area (Å²) in [6, 6.07) is 6.47. The molecule has 1 N–H and O–H groups in total. The highest BCUT2D eigenvalue weighted by atomic mass is 16.5. The van der Waals surface area contributed by atoms with Crippen LogP contribution in [0.3, 0.4) is 0 Å². The van der Waals surface area contributed by atoms with E-state index in [0.29, 0.717) is 25.1 Å². The van der Waals surface area contributed by atoms with Crippen molar-refractivity contribution >= 4 is 5.82 Å². The van der Waals surface area contributed by atoms with Gasteiger partial charge in [-0.05, 0) is 32.4 Å². The van der Waals surface area contributed by atoms with Gasteiger partial charge in [0.25, 0.3) is 0 Å². The van der Waals surface area contributed by atoms with E-state index in [9.17, 15) is 0 Å². The van der Waals surface area contributed by atoms with Gasteiger partial charge in [0.1, 0.15) is 5.82 Å². The average Bonchev–Trinajstić information content (AvgIpc) is 2.97. The molecule has 0 aromatic carbocycles. The molecule has 20 heavy (non-hydrogen) atoms. The highest BCUT2D eigenvalue weighted by molar-refractivity contribution is 5.41. The van der Waals surface area contributed by atoms with Crippen LogP contribution in [-0.4, -0.2) is 51.0 Å². The van der Waals surface area contributed by atoms with E-state index >= 15 is 0 Å². The van der Waals surface area contributed by atoms with Crippen molar-refractivity contribution in [3.05, 3.63) is 18.2 Å². The van der Waals surface area contributed by atoms with E-state index < -0.39 is 0 Å². The zero-order valence-corrected chi connectivity index (χ0v) is 12.5. The summed E-state index contributed by atoms with van der Waals surface area (Å²) in [6.45, 7) is 6.24. The first kappa shape index (κ1) is 15.1. The van der Waals surface area contributed by atoms with Crippen LogP contribution in [0.25, 0.3) is 0 Å². The number of hydrogen-bond donors (Lipinski definition) is 1. The maximum Gasteiger partial charge on any atom is 0.215 e. The summed E-state index contributed by atoms with van der Waals surface area (Å²) in [5, 5.41) is 3.53. The molecular formula is C15H25N3O2. The molecule has 1 aromatic heterocycles. The Labute approximate surface area is 121 Å². The number of methoxy groups -OCH3 is 1. The highest BCUT2D eigenvalue weighted by Gasteiger charge is 2.19. The van der Waals surface area contributed by atoms with Crippen LogP contribution in [0.5, 0.6) is 5.88 Å². The van der Waals surface area contributed by atoms with Gasteiger partial charge in [-0.3, -0.25) is 0 Å². The molecule has 1 saturated heterocycles. The lowest BCUT2D eigenvalue weighted by Crippen LogP contribution is -2.39. The van der Waals surface area contributed by atoms with Crippen LogP contribution >= 0.6 is 0 Å². The van der Waals surface area contributed by atoms with Gasteiger partial charge < -0.3 is 19.7 Å². The Bertz CT molecular complexity index is 394. The number of anilines is 1. The molecule has 0 saturated carbocycles. The Morgan fingerprint density at radius 2 is 2.35 bits per heavy atom. The molecule has 1 aliphatic rings. The minimum atomic E-state index is 0.546. The van der Waals surface area contributed by atoms with Crippen LogP contribution in [0.15, 0.2) is 18.2 Å². The first-order chi connectivity index (χ1) is 9.83. The third-order valence-corrected chi connectivity index (χ3v) is 3.49. The Balaban J connectivity index is 2.05. The Kier molecular flexibility index (Phi) is 6.08. The molecule has 1 aliphatic heterocycles. The number of nitrogens with zero attached hydrogens (tertiary/aromatic N) is 2. The molecule has 1 atom stereocenters. The van der Waals surface area contributed by atoms with E-state index in [0.717, 1.165) is 25.5 Å². The number of hydrogen-bond acceptors (Lipinski definition) is 5. The van der Waals surface area contributed by atoms with E-state index in [2.05, 4.69) is 15.2 Å². The van der Waals surface area contributed by atoms with Crippen molar-refractivity contribution < 1.29 is 9.47 Å². The van der Waals surface area contributed by atoms with Gasteiger partial charge in [-0.1, -0.05) is 6.07 Å². The van der Waals surface area contributed by atoms with Crippen LogP contribution in [-0.2, 0) is 4.74 Å². The maximum atomic E-state index is 5.49. The van der Waals surface area contributed by atoms with Gasteiger partial charge in [-0.15, -0.1) is 0 Å². The van der Waals surface area contributed by atoms with Gasteiger partial charge in [0.05, 0.1) is 13.2 Å². The zero-order valence-electron chi connectivity index (χ0n) is 12.5. The van der Waals surface area contributed by atoms with Crippen molar-refractivity contribution in [2.24, 2.45) is 0 Å². The quantitative estimate of drug-likeness (QED) is 0.784. The molecule has 0 aliphatic carbocycles. The number of nitrogens with one attached hydrogen (secondary N) is 1. The van der Waals surface area contributed by atoms with Crippen LogP contribution in [0.4, 0.5) is 5.82 Å². The Morgan fingerprint density at radius 1 is 1.45 bits per heavy atom. The summed E-state index contributed by atoms with van der Waals surface area (Å²) in [6.07, 6.45) is 2.49. The molecule has 0 amide bonds. The molecule has 0 spiro atoms. The first-order valence-corrected chi connectivity index (χ1v) is 7.40. The molecular weight excluding hydrogens is 254 g/mol. The van der Waals surface area contributed by atoms with Crippen LogP contribution in [0.1, 0.15) is 19.8 Å². The fourth-order valence-electron chi connectivity index (χ4n) is 2.49. The average molecular weight is 279 g/mol. The second-order valence-corrected chi connectivity index (χ2v) is 5.00. The second kappa shape index (κ2) is 8.07. The Morgan fingerprint density at radius 3 is 3.05 bits per heavy atom. The molecule has 1 aromatic rings. The fraction of sp³-hybridized carbons (Fsp3) is 0.667. The summed E-state index contributed by atoms with van der Waals surface area (Å²) in [5.41, 5.74) is 0. The van der Waals surface area contributed by atoms with Crippen molar-refractivity contribution in [3.63, 3.8) is 0 Å². The SMILES string of the molecule is CCOc1cccc(N(CCOC)CC2CCCN2)n1. The minimum Gasteiger partial charge on any atom is -0.478 e. The molecule has 5 heteroatoms. The van der Waals surface area contributed by atoms with E-state index in [1.165, 1.54) is 12.8 Å². The van der Waals surface area contributed by atoms with Gasteiger partial charge >= 0.3 is 0 Å². The third kappa shape index (κ3) is 4.35. The van der Waals surface area contributed by atoms with Crippen LogP contribution in [0.2, 0.25) is 0 Å². The molecule has 2 rings (SSSR count). The number of pyridine rings is 1. The summed E-state index contributed by atoms with van der Waals surface area (Å²) in [7, 11) is 1.73. The largest absolute Gasteiger partial charge is 0.478 e. The van der Waals surface area contributed by atoms with Crippen LogP contribution < -0.4 is 15.0 Å². The van der Waals surface area contributed by atoms with Gasteiger partial charge in [-0.2, -0.15) is 4.98 Å². The molecule has 0 bridgehead atoms. The van der Waals surface area contributed by atoms with Gasteiger partial charge in [0.15, 0.2) is 0 Å². The fourth-order valence-corrected chi connectivity index (χ4v) is 2.49. The topological polar surface area (TPSA) is 46.6 Å². The van der Waals surface area contributed by atoms with E-state index in [1.54, 1.807) is 7.11 Å². The summed E-state index contributed by atoms with van der Waals surface area (Å²) >= 11 is 0. The molecule has 1 fully saturated rings. The lowest BCUT2D eigenvalue weighted by Gasteiger charge is -2.26. The number of ether oxygens (including phenoxy) is 2. The molecule has 2 heterocycles. The lowest BCUT2D eigenvalue weighted by atomic mass is 10.2. The maximum absolute atomic E-state index is 5.49. The van der Waals surface area contributed by atoms with Gasteiger partial charge in [0, 0.05) is 32.3 Å². The predicted molar refractivity (Wildman–Crippen MR) is 80.5 cm³/mol. The van der Waals surface area contributed by atoms with Crippen molar-refractivity contribution in [1.82, 2.24) is 10.3 Å². The van der Waals surface area contributed by atoms with Crippen molar-refractivity contribution in [2.75, 3.05) is 44.9 Å². The van der Waals surface area contributed by atoms with Crippen molar-refractivity contribution in [3.8, 4) is 5.88 Å². The van der Waals surface area contributed by atoms with Crippen LogP contribution in [0, 0.1) is 0 Å². The summed E-state index contributed by atoms with van der Waals surface area (Å²) in [4.78, 5) is 6.85. The standard InChI is InChI=1S/C15H25N3O2/c1-3-20-15-8-4-7-14(17-15)18(10-11-19-2)12-13-6-5-9-16-13/h4,7-8,13,16H,3,5-6,9-12H2,1-2H3. The normalized spacial score (nSPS) is 18.2. The first-order valence-electron chi connectivity index (χ1n) is 7.40. The predicted octanol–water partition coefficient (Wildman–Crippen LogP) is 1.69. The smallest absolute Gasteiger partial charge is 0.215 e. The van der Waals surface area contributed by atoms with Crippen molar-refractivity contribution in [1.29, 1.82) is 0 Å². The molecule has 1 unspecified atom stereocenters. The van der Waals surface area contributed by atoms with E-state index in [-0.39, 0.29) is 0 Å². The summed E-state index contributed by atoms with van der Waals surface area (Å²) < 4.78 is 10.7. The molecule has 5 nitrogen and oxygen atoms in total. The number of aromatic nitrogens is 1. The lowest BCUT2D eigenvalue weighted by molar-refractivity contribution is 0.204. The molecule has 112 valence electrons. The van der Waals surface area contributed by atoms with Gasteiger partial charge in [-0.25, -0.2) is 0 Å². The summed E-state index contributed by atoms with van der Waals surface area (Å²) in [5.74, 6) is 1.65. The van der Waals surface area contributed by atoms with E-state index in [1.807, 2.05) is 25.1 Å². The Hall–Kier alpha value is -1.33. The zero-order chi connectivity index (χ0) is 14.2. The third-order valence-electron chi connectivity index (χ3n) is 3.49. The minimum absolute atomic E-state index is 0.546. The second-order valence-electron chi connectivity index (χ2n) is 5.00. The monoisotopic (exact) mass is 279 g/mol.